The standard InChI is InChI=1S/C15H19N5O2/c1-10-8-11(20-19-10)9-14(21)18-13-5-3-2-4-12(13)15(22)17-7-6-16/h2-5,8H,6-7,9,16H2,1H3,(H,17,22)(H,18,21)(H,19,20). The first-order chi connectivity index (χ1) is 10.6. The molecule has 2 amide bonds. The largest absolute Gasteiger partial charge is 0.351 e. The molecule has 7 heteroatoms. The molecule has 0 saturated heterocycles. The molecular formula is C15H19N5O2. The lowest BCUT2D eigenvalue weighted by Gasteiger charge is -2.10. The monoisotopic (exact) mass is 301 g/mol. The number of aromatic nitrogens is 2. The number of hydrogen-bond donors (Lipinski definition) is 4. The van der Waals surface area contributed by atoms with Crippen LogP contribution in [0, 0.1) is 6.92 Å². The van der Waals surface area contributed by atoms with Crippen LogP contribution >= 0.6 is 0 Å². The van der Waals surface area contributed by atoms with Crippen molar-refractivity contribution in [2.45, 2.75) is 13.3 Å². The quantitative estimate of drug-likeness (QED) is 0.625. The fourth-order valence-corrected chi connectivity index (χ4v) is 1.99. The average Bonchev–Trinajstić information content (AvgIpc) is 2.90. The van der Waals surface area contributed by atoms with Crippen LogP contribution in [0.2, 0.25) is 0 Å². The molecule has 0 saturated carbocycles. The van der Waals surface area contributed by atoms with Gasteiger partial charge in [-0.2, -0.15) is 5.10 Å². The molecule has 1 aromatic carbocycles. The van der Waals surface area contributed by atoms with Crippen LogP contribution in [0.4, 0.5) is 5.69 Å². The van der Waals surface area contributed by atoms with Crippen molar-refractivity contribution in [3.63, 3.8) is 0 Å². The van der Waals surface area contributed by atoms with Crippen LogP contribution in [0.1, 0.15) is 21.7 Å². The molecule has 0 unspecified atom stereocenters. The highest BCUT2D eigenvalue weighted by molar-refractivity contribution is 6.04. The first kappa shape index (κ1) is 15.7. The second-order valence-corrected chi connectivity index (χ2v) is 4.86. The molecule has 116 valence electrons. The number of carbonyl (C=O) groups excluding carboxylic acids is 2. The summed E-state index contributed by atoms with van der Waals surface area (Å²) in [5.74, 6) is -0.498. The van der Waals surface area contributed by atoms with Gasteiger partial charge in [0.15, 0.2) is 0 Å². The minimum Gasteiger partial charge on any atom is -0.351 e. The normalized spacial score (nSPS) is 10.3. The van der Waals surface area contributed by atoms with E-state index in [1.165, 1.54) is 0 Å². The Labute approximate surface area is 128 Å². The highest BCUT2D eigenvalue weighted by Gasteiger charge is 2.13. The molecule has 0 fully saturated rings. The Morgan fingerprint density at radius 2 is 2.09 bits per heavy atom. The molecule has 0 bridgehead atoms. The minimum absolute atomic E-state index is 0.142. The van der Waals surface area contributed by atoms with Crippen molar-refractivity contribution < 1.29 is 9.59 Å². The minimum atomic E-state index is -0.267. The average molecular weight is 301 g/mol. The summed E-state index contributed by atoms with van der Waals surface area (Å²) in [6.07, 6.45) is 0.142. The Kier molecular flexibility index (Phi) is 5.26. The molecule has 22 heavy (non-hydrogen) atoms. The van der Waals surface area contributed by atoms with Crippen LogP contribution in [0.5, 0.6) is 0 Å². The third-order valence-electron chi connectivity index (χ3n) is 2.98. The predicted octanol–water partition coefficient (Wildman–Crippen LogP) is 0.588. The van der Waals surface area contributed by atoms with Crippen LogP contribution in [-0.2, 0) is 11.2 Å². The SMILES string of the molecule is Cc1cc(CC(=O)Nc2ccccc2C(=O)NCCN)n[nH]1. The summed E-state index contributed by atoms with van der Waals surface area (Å²) in [6, 6.07) is 8.64. The van der Waals surface area contributed by atoms with Crippen molar-refractivity contribution in [2.24, 2.45) is 5.73 Å². The number of H-pyrrole nitrogens is 1. The van der Waals surface area contributed by atoms with E-state index in [0.717, 1.165) is 5.69 Å². The van der Waals surface area contributed by atoms with Crippen LogP contribution in [-0.4, -0.2) is 35.1 Å². The fourth-order valence-electron chi connectivity index (χ4n) is 1.99. The third kappa shape index (κ3) is 4.16. The molecule has 2 aromatic rings. The Morgan fingerprint density at radius 1 is 1.32 bits per heavy atom. The number of nitrogens with one attached hydrogen (secondary N) is 3. The van der Waals surface area contributed by atoms with Gasteiger partial charge in [-0.05, 0) is 25.1 Å². The molecule has 2 rings (SSSR count). The van der Waals surface area contributed by atoms with Gasteiger partial charge in [-0.15, -0.1) is 0 Å². The number of amides is 2. The Morgan fingerprint density at radius 3 is 2.77 bits per heavy atom. The smallest absolute Gasteiger partial charge is 0.253 e. The molecule has 0 aliphatic carbocycles. The van der Waals surface area contributed by atoms with Crippen molar-refractivity contribution in [1.29, 1.82) is 0 Å². The van der Waals surface area contributed by atoms with Crippen LogP contribution < -0.4 is 16.4 Å². The van der Waals surface area contributed by atoms with E-state index in [2.05, 4.69) is 20.8 Å². The number of aromatic amines is 1. The zero-order chi connectivity index (χ0) is 15.9. The maximum atomic E-state index is 12.1. The molecule has 0 atom stereocenters. The second kappa shape index (κ2) is 7.37. The molecule has 5 N–H and O–H groups in total. The second-order valence-electron chi connectivity index (χ2n) is 4.86. The van der Waals surface area contributed by atoms with Crippen LogP contribution in [0.3, 0.4) is 0 Å². The maximum absolute atomic E-state index is 12.1. The summed E-state index contributed by atoms with van der Waals surface area (Å²) < 4.78 is 0. The first-order valence-electron chi connectivity index (χ1n) is 6.98. The van der Waals surface area contributed by atoms with E-state index in [9.17, 15) is 9.59 Å². The van der Waals surface area contributed by atoms with Crippen molar-refractivity contribution >= 4 is 17.5 Å². The number of para-hydroxylation sites is 1. The molecule has 7 nitrogen and oxygen atoms in total. The Bertz CT molecular complexity index is 665. The Balaban J connectivity index is 2.05. The first-order valence-corrected chi connectivity index (χ1v) is 6.98. The van der Waals surface area contributed by atoms with Gasteiger partial charge in [-0.25, -0.2) is 0 Å². The molecule has 1 aromatic heterocycles. The van der Waals surface area contributed by atoms with Gasteiger partial charge in [0, 0.05) is 18.8 Å². The van der Waals surface area contributed by atoms with Gasteiger partial charge < -0.3 is 16.4 Å². The number of aryl methyl sites for hydroxylation is 1. The van der Waals surface area contributed by atoms with E-state index >= 15 is 0 Å². The highest BCUT2D eigenvalue weighted by atomic mass is 16.2. The molecule has 0 spiro atoms. The van der Waals surface area contributed by atoms with Gasteiger partial charge in [0.05, 0.1) is 23.4 Å². The van der Waals surface area contributed by atoms with E-state index in [1.54, 1.807) is 30.3 Å². The molecule has 0 radical (unpaired) electrons. The van der Waals surface area contributed by atoms with Gasteiger partial charge in [0.2, 0.25) is 5.91 Å². The lowest BCUT2D eigenvalue weighted by atomic mass is 10.1. The fraction of sp³-hybridized carbons (Fsp3) is 0.267. The van der Waals surface area contributed by atoms with Crippen LogP contribution in [0.25, 0.3) is 0 Å². The number of benzene rings is 1. The molecular weight excluding hydrogens is 282 g/mol. The summed E-state index contributed by atoms with van der Waals surface area (Å²) in [5.41, 5.74) is 7.79. The highest BCUT2D eigenvalue weighted by Crippen LogP contribution is 2.15. The van der Waals surface area contributed by atoms with Crippen molar-refractivity contribution in [3.8, 4) is 0 Å². The van der Waals surface area contributed by atoms with E-state index in [1.807, 2.05) is 6.92 Å². The number of nitrogens with zero attached hydrogens (tertiary/aromatic N) is 1. The summed E-state index contributed by atoms with van der Waals surface area (Å²) in [6.45, 7) is 2.61. The van der Waals surface area contributed by atoms with Crippen molar-refractivity contribution in [1.82, 2.24) is 15.5 Å². The topological polar surface area (TPSA) is 113 Å². The molecule has 0 aliphatic rings. The number of rotatable bonds is 6. The summed E-state index contributed by atoms with van der Waals surface area (Å²) in [7, 11) is 0. The Hall–Kier alpha value is -2.67. The summed E-state index contributed by atoms with van der Waals surface area (Å²) >= 11 is 0. The maximum Gasteiger partial charge on any atom is 0.253 e. The van der Waals surface area contributed by atoms with E-state index in [-0.39, 0.29) is 18.2 Å². The van der Waals surface area contributed by atoms with Crippen molar-refractivity contribution in [2.75, 3.05) is 18.4 Å². The van der Waals surface area contributed by atoms with Gasteiger partial charge in [0.25, 0.3) is 5.91 Å². The number of carbonyl (C=O) groups is 2. The van der Waals surface area contributed by atoms with E-state index < -0.39 is 0 Å². The van der Waals surface area contributed by atoms with E-state index in [4.69, 9.17) is 5.73 Å². The summed E-state index contributed by atoms with van der Waals surface area (Å²) in [5, 5.41) is 12.2. The van der Waals surface area contributed by atoms with Gasteiger partial charge >= 0.3 is 0 Å². The van der Waals surface area contributed by atoms with Crippen LogP contribution in [0.15, 0.2) is 30.3 Å². The third-order valence-corrected chi connectivity index (χ3v) is 2.98. The number of nitrogens with two attached hydrogens (primary N) is 1. The zero-order valence-electron chi connectivity index (χ0n) is 12.3. The van der Waals surface area contributed by atoms with Gasteiger partial charge in [-0.3, -0.25) is 14.7 Å². The number of anilines is 1. The van der Waals surface area contributed by atoms with Gasteiger partial charge in [0.1, 0.15) is 0 Å². The van der Waals surface area contributed by atoms with Gasteiger partial charge in [-0.1, -0.05) is 12.1 Å². The molecule has 0 aliphatic heterocycles. The van der Waals surface area contributed by atoms with E-state index in [0.29, 0.717) is 30.0 Å². The lowest BCUT2D eigenvalue weighted by Crippen LogP contribution is -2.30. The number of hydrogen-bond acceptors (Lipinski definition) is 4. The lowest BCUT2D eigenvalue weighted by molar-refractivity contribution is -0.115. The van der Waals surface area contributed by atoms with Crippen molar-refractivity contribution in [3.05, 3.63) is 47.3 Å². The summed E-state index contributed by atoms with van der Waals surface area (Å²) in [4.78, 5) is 24.1. The zero-order valence-corrected chi connectivity index (χ0v) is 12.3. The molecule has 1 heterocycles. The predicted molar refractivity (Wildman–Crippen MR) is 83.5 cm³/mol.